The van der Waals surface area contributed by atoms with Gasteiger partial charge in [-0.2, -0.15) is 5.10 Å². The predicted molar refractivity (Wildman–Crippen MR) is 128 cm³/mol. The minimum atomic E-state index is -0.320. The number of carbonyl (C=O) groups is 2. The van der Waals surface area contributed by atoms with Gasteiger partial charge in [-0.15, -0.1) is 11.3 Å². The zero-order chi connectivity index (χ0) is 23.5. The van der Waals surface area contributed by atoms with E-state index in [0.717, 1.165) is 23.2 Å². The largest absolute Gasteiger partial charge is 0.352 e. The molecule has 0 unspecified atom stereocenters. The normalized spacial score (nSPS) is 13.4. The number of rotatable bonds is 7. The number of aromatic nitrogens is 3. The Morgan fingerprint density at radius 3 is 2.65 bits per heavy atom. The van der Waals surface area contributed by atoms with Gasteiger partial charge in [-0.3, -0.25) is 14.5 Å². The van der Waals surface area contributed by atoms with Crippen molar-refractivity contribution in [1.29, 1.82) is 0 Å². The van der Waals surface area contributed by atoms with Crippen molar-refractivity contribution in [2.45, 2.75) is 25.8 Å². The Hall–Kier alpha value is -3.85. The van der Waals surface area contributed by atoms with Crippen molar-refractivity contribution >= 4 is 28.3 Å². The van der Waals surface area contributed by atoms with E-state index in [1.54, 1.807) is 21.7 Å². The Bertz CT molecular complexity index is 1320. The third-order valence-corrected chi connectivity index (χ3v) is 6.50. The van der Waals surface area contributed by atoms with Crippen LogP contribution in [0, 0.1) is 5.82 Å². The van der Waals surface area contributed by atoms with Gasteiger partial charge in [0.1, 0.15) is 5.82 Å². The highest BCUT2D eigenvalue weighted by molar-refractivity contribution is 7.14. The number of hydrogen-bond acceptors (Lipinski definition) is 5. The van der Waals surface area contributed by atoms with Crippen LogP contribution < -0.4 is 10.2 Å². The molecule has 7 nitrogen and oxygen atoms in total. The number of anilines is 1. The highest BCUT2D eigenvalue weighted by atomic mass is 32.1. The molecule has 0 spiro atoms. The van der Waals surface area contributed by atoms with E-state index >= 15 is 0 Å². The summed E-state index contributed by atoms with van der Waals surface area (Å²) in [6.07, 6.45) is 3.37. The van der Waals surface area contributed by atoms with E-state index in [9.17, 15) is 14.0 Å². The Morgan fingerprint density at radius 1 is 1.12 bits per heavy atom. The third kappa shape index (κ3) is 4.74. The van der Waals surface area contributed by atoms with E-state index in [-0.39, 0.29) is 30.6 Å². The van der Waals surface area contributed by atoms with E-state index in [1.807, 2.05) is 41.9 Å². The smallest absolute Gasteiger partial charge is 0.228 e. The molecule has 0 radical (unpaired) electrons. The van der Waals surface area contributed by atoms with Gasteiger partial charge < -0.3 is 5.32 Å². The summed E-state index contributed by atoms with van der Waals surface area (Å²) in [5.74, 6) is -0.421. The fourth-order valence-electron chi connectivity index (χ4n) is 3.88. The van der Waals surface area contributed by atoms with Gasteiger partial charge in [0.25, 0.3) is 0 Å². The second-order valence-corrected chi connectivity index (χ2v) is 8.85. The zero-order valence-electron chi connectivity index (χ0n) is 18.3. The molecule has 34 heavy (non-hydrogen) atoms. The van der Waals surface area contributed by atoms with E-state index in [1.165, 1.54) is 23.5 Å². The number of hydrogen-bond donors (Lipinski definition) is 1. The van der Waals surface area contributed by atoms with Gasteiger partial charge >= 0.3 is 0 Å². The summed E-state index contributed by atoms with van der Waals surface area (Å²) in [6.45, 7) is 0.940. The van der Waals surface area contributed by atoms with Crippen molar-refractivity contribution in [2.24, 2.45) is 0 Å². The molecule has 0 bridgehead atoms. The van der Waals surface area contributed by atoms with Gasteiger partial charge in [0.2, 0.25) is 11.8 Å². The first-order chi connectivity index (χ1) is 16.6. The summed E-state index contributed by atoms with van der Waals surface area (Å²) >= 11 is 1.38. The second-order valence-electron chi connectivity index (χ2n) is 8.01. The minimum Gasteiger partial charge on any atom is -0.352 e. The summed E-state index contributed by atoms with van der Waals surface area (Å²) in [4.78, 5) is 30.7. The first kappa shape index (κ1) is 22.0. The van der Waals surface area contributed by atoms with Crippen molar-refractivity contribution in [2.75, 3.05) is 11.4 Å². The van der Waals surface area contributed by atoms with Crippen LogP contribution in [0.3, 0.4) is 0 Å². The first-order valence-corrected chi connectivity index (χ1v) is 11.9. The quantitative estimate of drug-likeness (QED) is 0.436. The molecule has 0 aliphatic carbocycles. The number of nitrogens with zero attached hydrogens (tertiary/aromatic N) is 4. The van der Waals surface area contributed by atoms with Crippen LogP contribution in [0.25, 0.3) is 16.9 Å². The monoisotopic (exact) mass is 475 g/mol. The average molecular weight is 476 g/mol. The Balaban J connectivity index is 1.31. The molecular formula is C25H22FN5O2S. The molecule has 5 rings (SSSR count). The van der Waals surface area contributed by atoms with E-state index in [2.05, 4.69) is 10.3 Å². The average Bonchev–Trinajstić information content (AvgIpc) is 3.59. The summed E-state index contributed by atoms with van der Waals surface area (Å²) in [7, 11) is 0. The van der Waals surface area contributed by atoms with Crippen LogP contribution in [0.1, 0.15) is 24.1 Å². The van der Waals surface area contributed by atoms with Crippen molar-refractivity contribution in [3.63, 3.8) is 0 Å². The van der Waals surface area contributed by atoms with E-state index in [0.29, 0.717) is 29.5 Å². The van der Waals surface area contributed by atoms with Crippen LogP contribution in [0.5, 0.6) is 0 Å². The Kier molecular flexibility index (Phi) is 6.18. The lowest BCUT2D eigenvalue weighted by Crippen LogP contribution is -2.25. The maximum absolute atomic E-state index is 13.4. The van der Waals surface area contributed by atoms with Crippen LogP contribution in [0.2, 0.25) is 0 Å². The first-order valence-electron chi connectivity index (χ1n) is 11.0. The van der Waals surface area contributed by atoms with Crippen molar-refractivity contribution in [1.82, 2.24) is 20.1 Å². The number of para-hydroxylation sites is 1. The number of benzene rings is 2. The Morgan fingerprint density at radius 2 is 1.91 bits per heavy atom. The molecule has 2 aromatic carbocycles. The van der Waals surface area contributed by atoms with Crippen LogP contribution >= 0.6 is 11.3 Å². The minimum absolute atomic E-state index is 0.0779. The number of thiazole rings is 1. The summed E-state index contributed by atoms with van der Waals surface area (Å²) < 4.78 is 15.2. The van der Waals surface area contributed by atoms with Gasteiger partial charge in [0, 0.05) is 42.2 Å². The molecule has 3 heterocycles. The highest BCUT2D eigenvalue weighted by Gasteiger charge is 2.24. The Labute approximate surface area is 199 Å². The van der Waals surface area contributed by atoms with Crippen LogP contribution in [-0.2, 0) is 22.6 Å². The molecule has 1 N–H and O–H groups in total. The molecule has 2 aromatic heterocycles. The van der Waals surface area contributed by atoms with Gasteiger partial charge in [0.05, 0.1) is 23.5 Å². The maximum atomic E-state index is 13.4. The maximum Gasteiger partial charge on any atom is 0.228 e. The SMILES string of the molecule is O=C(Cc1csc(N2CCCC2=O)n1)NCc1cn(-c2ccccc2)nc1-c1ccc(F)cc1. The standard InChI is InChI=1S/C25H22FN5O2S/c26-19-10-8-17(9-11-19)24-18(15-31(29-24)21-5-2-1-3-6-21)14-27-22(32)13-20-16-34-25(28-20)30-12-4-7-23(30)33/h1-3,5-6,8-11,15-16H,4,7,12-14H2,(H,27,32). The number of halogens is 1. The molecule has 0 atom stereocenters. The molecule has 9 heteroatoms. The fraction of sp³-hybridized carbons (Fsp3) is 0.200. The zero-order valence-corrected chi connectivity index (χ0v) is 19.1. The van der Waals surface area contributed by atoms with Crippen LogP contribution in [0.15, 0.2) is 66.2 Å². The van der Waals surface area contributed by atoms with Crippen LogP contribution in [0.4, 0.5) is 9.52 Å². The van der Waals surface area contributed by atoms with Gasteiger partial charge in [-0.1, -0.05) is 18.2 Å². The lowest BCUT2D eigenvalue weighted by molar-refractivity contribution is -0.120. The highest BCUT2D eigenvalue weighted by Crippen LogP contribution is 2.26. The molecule has 1 fully saturated rings. The predicted octanol–water partition coefficient (Wildman–Crippen LogP) is 4.12. The summed E-state index contributed by atoms with van der Waals surface area (Å²) in [5.41, 5.74) is 3.77. The summed E-state index contributed by atoms with van der Waals surface area (Å²) in [6, 6.07) is 15.8. The lowest BCUT2D eigenvalue weighted by atomic mass is 10.1. The summed E-state index contributed by atoms with van der Waals surface area (Å²) in [5, 5.41) is 10.1. The van der Waals surface area contributed by atoms with Gasteiger partial charge in [-0.05, 0) is 42.8 Å². The molecule has 1 aliphatic heterocycles. The molecular weight excluding hydrogens is 453 g/mol. The van der Waals surface area contributed by atoms with Crippen molar-refractivity contribution < 1.29 is 14.0 Å². The van der Waals surface area contributed by atoms with E-state index < -0.39 is 0 Å². The fourth-order valence-corrected chi connectivity index (χ4v) is 4.74. The number of nitrogens with one attached hydrogen (secondary N) is 1. The third-order valence-electron chi connectivity index (χ3n) is 5.59. The molecule has 2 amide bonds. The molecule has 1 aliphatic rings. The molecule has 4 aromatic rings. The van der Waals surface area contributed by atoms with Crippen LogP contribution in [-0.4, -0.2) is 33.1 Å². The molecule has 172 valence electrons. The van der Waals surface area contributed by atoms with Gasteiger partial charge in [-0.25, -0.2) is 14.1 Å². The van der Waals surface area contributed by atoms with E-state index in [4.69, 9.17) is 5.10 Å². The van der Waals surface area contributed by atoms with Crippen molar-refractivity contribution in [3.05, 3.63) is 83.2 Å². The lowest BCUT2D eigenvalue weighted by Gasteiger charge is -2.10. The molecule has 1 saturated heterocycles. The van der Waals surface area contributed by atoms with Crippen molar-refractivity contribution in [3.8, 4) is 16.9 Å². The number of carbonyl (C=O) groups excluding carboxylic acids is 2. The van der Waals surface area contributed by atoms with Gasteiger partial charge in [0.15, 0.2) is 5.13 Å². The molecule has 0 saturated carbocycles. The number of amides is 2. The second kappa shape index (κ2) is 9.56. The topological polar surface area (TPSA) is 80.1 Å².